The first-order valence-corrected chi connectivity index (χ1v) is 6.24. The smallest absolute Gasteiger partial charge is 0.307 e. The van der Waals surface area contributed by atoms with Crippen molar-refractivity contribution in [1.82, 2.24) is 4.90 Å². The van der Waals surface area contributed by atoms with E-state index in [-0.39, 0.29) is 18.2 Å². The first-order chi connectivity index (χ1) is 9.43. The lowest BCUT2D eigenvalue weighted by atomic mass is 10.2. The van der Waals surface area contributed by atoms with Crippen molar-refractivity contribution in [2.45, 2.75) is 13.0 Å². The number of rotatable bonds is 5. The summed E-state index contributed by atoms with van der Waals surface area (Å²) in [5.41, 5.74) is 0.631. The average molecular weight is 281 g/mol. The highest BCUT2D eigenvalue weighted by Gasteiger charge is 2.49. The van der Waals surface area contributed by atoms with E-state index in [9.17, 15) is 14.0 Å². The second-order valence-corrected chi connectivity index (χ2v) is 4.95. The predicted molar refractivity (Wildman–Crippen MR) is 68.7 cm³/mol. The van der Waals surface area contributed by atoms with Crippen LogP contribution in [-0.2, 0) is 16.1 Å². The lowest BCUT2D eigenvalue weighted by molar-refractivity contribution is -0.141. The van der Waals surface area contributed by atoms with Gasteiger partial charge in [0.15, 0.2) is 11.6 Å². The van der Waals surface area contributed by atoms with Gasteiger partial charge in [-0.1, -0.05) is 6.07 Å². The molecule has 0 radical (unpaired) electrons. The number of nitrogens with zero attached hydrogens (tertiary/aromatic N) is 1. The van der Waals surface area contributed by atoms with Crippen LogP contribution >= 0.6 is 0 Å². The summed E-state index contributed by atoms with van der Waals surface area (Å²) >= 11 is 0. The highest BCUT2D eigenvalue weighted by Crippen LogP contribution is 2.40. The molecule has 20 heavy (non-hydrogen) atoms. The number of methoxy groups -OCH3 is 1. The van der Waals surface area contributed by atoms with E-state index >= 15 is 0 Å². The Morgan fingerprint density at radius 3 is 2.65 bits per heavy atom. The minimum Gasteiger partial charge on any atom is -0.494 e. The number of hydrogen-bond donors (Lipinski definition) is 1. The second-order valence-electron chi connectivity index (χ2n) is 4.95. The molecule has 0 saturated heterocycles. The van der Waals surface area contributed by atoms with Gasteiger partial charge in [0.2, 0.25) is 5.91 Å². The number of ether oxygens (including phenoxy) is 1. The fourth-order valence-corrected chi connectivity index (χ4v) is 2.18. The predicted octanol–water partition coefficient (Wildman–Crippen LogP) is 1.51. The van der Waals surface area contributed by atoms with Gasteiger partial charge in [-0.3, -0.25) is 9.59 Å². The minimum absolute atomic E-state index is 0.149. The Labute approximate surface area is 116 Å². The summed E-state index contributed by atoms with van der Waals surface area (Å²) in [4.78, 5) is 24.1. The van der Waals surface area contributed by atoms with Crippen molar-refractivity contribution in [2.75, 3.05) is 14.2 Å². The van der Waals surface area contributed by atoms with Gasteiger partial charge < -0.3 is 14.7 Å². The fraction of sp³-hybridized carbons (Fsp3) is 0.429. The molecular weight excluding hydrogens is 265 g/mol. The van der Waals surface area contributed by atoms with Gasteiger partial charge in [-0.15, -0.1) is 0 Å². The molecule has 5 nitrogen and oxygen atoms in total. The average Bonchev–Trinajstić information content (AvgIpc) is 3.18. The maximum absolute atomic E-state index is 13.5. The summed E-state index contributed by atoms with van der Waals surface area (Å²) in [5.74, 6) is -2.50. The van der Waals surface area contributed by atoms with Crippen LogP contribution < -0.4 is 4.74 Å². The van der Waals surface area contributed by atoms with Crippen LogP contribution in [0.2, 0.25) is 0 Å². The summed E-state index contributed by atoms with van der Waals surface area (Å²) in [5, 5.41) is 8.80. The molecule has 0 spiro atoms. The van der Waals surface area contributed by atoms with E-state index in [4.69, 9.17) is 9.84 Å². The number of amides is 1. The van der Waals surface area contributed by atoms with Crippen molar-refractivity contribution >= 4 is 11.9 Å². The Morgan fingerprint density at radius 2 is 2.15 bits per heavy atom. The van der Waals surface area contributed by atoms with Gasteiger partial charge in [0.1, 0.15) is 0 Å². The number of halogens is 1. The van der Waals surface area contributed by atoms with E-state index < -0.39 is 23.6 Å². The molecule has 108 valence electrons. The van der Waals surface area contributed by atoms with E-state index in [0.717, 1.165) is 0 Å². The van der Waals surface area contributed by atoms with Crippen molar-refractivity contribution in [3.63, 3.8) is 0 Å². The normalized spacial score (nSPS) is 20.4. The van der Waals surface area contributed by atoms with E-state index in [1.54, 1.807) is 13.1 Å². The fourth-order valence-electron chi connectivity index (χ4n) is 2.18. The number of carbonyl (C=O) groups is 2. The maximum atomic E-state index is 13.5. The molecule has 2 atom stereocenters. The highest BCUT2D eigenvalue weighted by atomic mass is 19.1. The SMILES string of the molecule is COc1ccc(CN(C)C(=O)[C@@H]2C[C@H]2C(=O)O)cc1F. The minimum atomic E-state index is -0.938. The molecule has 1 aliphatic rings. The van der Waals surface area contributed by atoms with E-state index in [1.807, 2.05) is 0 Å². The molecule has 1 aromatic carbocycles. The Kier molecular flexibility index (Phi) is 3.92. The molecule has 0 aliphatic heterocycles. The summed E-state index contributed by atoms with van der Waals surface area (Å²) in [7, 11) is 2.97. The summed E-state index contributed by atoms with van der Waals surface area (Å²) in [6, 6.07) is 4.48. The van der Waals surface area contributed by atoms with Gasteiger partial charge in [0, 0.05) is 13.6 Å². The van der Waals surface area contributed by atoms with Gasteiger partial charge in [0.25, 0.3) is 0 Å². The van der Waals surface area contributed by atoms with Gasteiger partial charge in [0.05, 0.1) is 18.9 Å². The number of carboxylic acids is 1. The Morgan fingerprint density at radius 1 is 1.45 bits per heavy atom. The topological polar surface area (TPSA) is 66.8 Å². The first-order valence-electron chi connectivity index (χ1n) is 6.24. The number of carbonyl (C=O) groups excluding carboxylic acids is 1. The third kappa shape index (κ3) is 2.89. The third-order valence-corrected chi connectivity index (χ3v) is 3.44. The van der Waals surface area contributed by atoms with Crippen LogP contribution in [0.15, 0.2) is 18.2 Å². The molecule has 0 heterocycles. The van der Waals surface area contributed by atoms with Crippen LogP contribution in [0.1, 0.15) is 12.0 Å². The molecule has 0 bridgehead atoms. The second kappa shape index (κ2) is 5.48. The Bertz CT molecular complexity index is 546. The number of carboxylic acid groups (broad SMARTS) is 1. The van der Waals surface area contributed by atoms with Crippen LogP contribution in [0.5, 0.6) is 5.75 Å². The quantitative estimate of drug-likeness (QED) is 0.888. The zero-order valence-electron chi connectivity index (χ0n) is 11.3. The van der Waals surface area contributed by atoms with Crippen LogP contribution in [0, 0.1) is 17.7 Å². The van der Waals surface area contributed by atoms with E-state index in [0.29, 0.717) is 12.0 Å². The molecular formula is C14H16FNO4. The zero-order valence-corrected chi connectivity index (χ0v) is 11.3. The highest BCUT2D eigenvalue weighted by molar-refractivity contribution is 5.89. The standard InChI is InChI=1S/C14H16FNO4/c1-16(13(17)9-6-10(9)14(18)19)7-8-3-4-12(20-2)11(15)5-8/h3-5,9-10H,6-7H2,1-2H3,(H,18,19)/t9-,10-/m1/s1. The third-order valence-electron chi connectivity index (χ3n) is 3.44. The van der Waals surface area contributed by atoms with E-state index in [1.165, 1.54) is 24.1 Å². The molecule has 1 fully saturated rings. The largest absolute Gasteiger partial charge is 0.494 e. The van der Waals surface area contributed by atoms with Crippen molar-refractivity contribution in [1.29, 1.82) is 0 Å². The molecule has 1 N–H and O–H groups in total. The first kappa shape index (κ1) is 14.3. The van der Waals surface area contributed by atoms with Gasteiger partial charge in [-0.05, 0) is 24.1 Å². The van der Waals surface area contributed by atoms with Gasteiger partial charge in [-0.25, -0.2) is 4.39 Å². The summed E-state index contributed by atoms with van der Waals surface area (Å²) in [6.07, 6.45) is 0.384. The maximum Gasteiger partial charge on any atom is 0.307 e. The van der Waals surface area contributed by atoms with Crippen LogP contribution in [0.4, 0.5) is 4.39 Å². The number of aliphatic carboxylic acids is 1. The van der Waals surface area contributed by atoms with Crippen LogP contribution in [0.3, 0.4) is 0 Å². The van der Waals surface area contributed by atoms with E-state index in [2.05, 4.69) is 0 Å². The molecule has 0 aromatic heterocycles. The summed E-state index contributed by atoms with van der Waals surface area (Å²) in [6.45, 7) is 0.239. The van der Waals surface area contributed by atoms with Crippen LogP contribution in [0.25, 0.3) is 0 Å². The molecule has 1 amide bonds. The lowest BCUT2D eigenvalue weighted by Gasteiger charge is -2.17. The number of hydrogen-bond acceptors (Lipinski definition) is 3. The van der Waals surface area contributed by atoms with Gasteiger partial charge in [-0.2, -0.15) is 0 Å². The zero-order chi connectivity index (χ0) is 14.9. The number of benzene rings is 1. The van der Waals surface area contributed by atoms with Crippen LogP contribution in [-0.4, -0.2) is 36.0 Å². The molecule has 6 heteroatoms. The molecule has 1 aliphatic carbocycles. The van der Waals surface area contributed by atoms with Crippen molar-refractivity contribution in [3.8, 4) is 5.75 Å². The monoisotopic (exact) mass is 281 g/mol. The Balaban J connectivity index is 1.98. The van der Waals surface area contributed by atoms with Crippen molar-refractivity contribution < 1.29 is 23.8 Å². The lowest BCUT2D eigenvalue weighted by Crippen LogP contribution is -2.28. The van der Waals surface area contributed by atoms with Crippen molar-refractivity contribution in [2.24, 2.45) is 11.8 Å². The van der Waals surface area contributed by atoms with Gasteiger partial charge >= 0.3 is 5.97 Å². The molecule has 1 saturated carbocycles. The molecule has 0 unspecified atom stereocenters. The summed E-state index contributed by atoms with van der Waals surface area (Å²) < 4.78 is 18.4. The molecule has 1 aromatic rings. The Hall–Kier alpha value is -2.11. The van der Waals surface area contributed by atoms with Crippen molar-refractivity contribution in [3.05, 3.63) is 29.6 Å². The molecule has 2 rings (SSSR count).